The Hall–Kier alpha value is -0.570. The molecule has 3 fully saturated rings. The second-order valence-electron chi connectivity index (χ2n) is 4.72. The molecular formula is C10H15NO2. The molecule has 3 heteroatoms. The van der Waals surface area contributed by atoms with Gasteiger partial charge in [-0.05, 0) is 32.1 Å². The van der Waals surface area contributed by atoms with E-state index in [1.807, 2.05) is 4.90 Å². The quantitative estimate of drug-likeness (QED) is 0.560. The lowest BCUT2D eigenvalue weighted by atomic mass is 10.0. The summed E-state index contributed by atoms with van der Waals surface area (Å²) in [5.74, 6) is 0.930. The van der Waals surface area contributed by atoms with E-state index in [0.29, 0.717) is 12.0 Å². The zero-order chi connectivity index (χ0) is 9.05. The third-order valence-corrected chi connectivity index (χ3v) is 3.68. The minimum atomic E-state index is -0.380. The highest BCUT2D eigenvalue weighted by Crippen LogP contribution is 2.46. The maximum atomic E-state index is 12.0. The molecule has 3 aliphatic rings. The van der Waals surface area contributed by atoms with Crippen LogP contribution in [0.3, 0.4) is 0 Å². The van der Waals surface area contributed by atoms with E-state index in [1.54, 1.807) is 0 Å². The lowest BCUT2D eigenvalue weighted by Gasteiger charge is -2.25. The molecule has 3 rings (SSSR count). The molecule has 13 heavy (non-hydrogen) atoms. The number of ether oxygens (including phenoxy) is 1. The van der Waals surface area contributed by atoms with E-state index in [0.717, 1.165) is 26.0 Å². The predicted molar refractivity (Wildman–Crippen MR) is 47.2 cm³/mol. The van der Waals surface area contributed by atoms with Crippen LogP contribution in [0.25, 0.3) is 0 Å². The minimum Gasteiger partial charge on any atom is -0.365 e. The largest absolute Gasteiger partial charge is 0.365 e. The second kappa shape index (κ2) is 2.27. The van der Waals surface area contributed by atoms with Crippen molar-refractivity contribution in [3.8, 4) is 0 Å². The van der Waals surface area contributed by atoms with Gasteiger partial charge in [0.2, 0.25) is 0 Å². The molecule has 1 saturated carbocycles. The van der Waals surface area contributed by atoms with Gasteiger partial charge in [-0.25, -0.2) is 0 Å². The van der Waals surface area contributed by atoms with E-state index in [4.69, 9.17) is 4.74 Å². The first-order valence-electron chi connectivity index (χ1n) is 5.16. The Kier molecular flexibility index (Phi) is 1.36. The fourth-order valence-corrected chi connectivity index (χ4v) is 2.70. The number of fused-ring (bicyclic) bond motifs is 2. The molecule has 72 valence electrons. The van der Waals surface area contributed by atoms with Gasteiger partial charge in [0.1, 0.15) is 5.60 Å². The maximum absolute atomic E-state index is 12.0. The molecule has 2 heterocycles. The van der Waals surface area contributed by atoms with Crippen LogP contribution in [0.2, 0.25) is 0 Å². The van der Waals surface area contributed by atoms with Gasteiger partial charge in [0.25, 0.3) is 5.91 Å². The molecule has 2 saturated heterocycles. The Morgan fingerprint density at radius 2 is 2.38 bits per heavy atom. The zero-order valence-corrected chi connectivity index (χ0v) is 7.95. The number of hydrogen-bond acceptors (Lipinski definition) is 2. The summed E-state index contributed by atoms with van der Waals surface area (Å²) in [5, 5.41) is 0. The average Bonchev–Trinajstić information content (AvgIpc) is 2.64. The van der Waals surface area contributed by atoms with Crippen molar-refractivity contribution in [1.82, 2.24) is 4.90 Å². The first-order valence-corrected chi connectivity index (χ1v) is 5.16. The van der Waals surface area contributed by atoms with Gasteiger partial charge in [0.15, 0.2) is 0 Å². The Bertz CT molecular complexity index is 256. The topological polar surface area (TPSA) is 29.3 Å². The minimum absolute atomic E-state index is 0.264. The van der Waals surface area contributed by atoms with E-state index < -0.39 is 0 Å². The van der Waals surface area contributed by atoms with Crippen LogP contribution in [0.1, 0.15) is 26.2 Å². The molecular weight excluding hydrogens is 166 g/mol. The van der Waals surface area contributed by atoms with Gasteiger partial charge in [0, 0.05) is 12.6 Å². The first kappa shape index (κ1) is 7.80. The van der Waals surface area contributed by atoms with Crippen molar-refractivity contribution in [3.05, 3.63) is 0 Å². The van der Waals surface area contributed by atoms with E-state index in [2.05, 4.69) is 6.92 Å². The Morgan fingerprint density at radius 3 is 2.77 bits per heavy atom. The normalized spacial score (nSPS) is 47.0. The van der Waals surface area contributed by atoms with Crippen LogP contribution < -0.4 is 0 Å². The average molecular weight is 181 g/mol. The molecule has 0 aromatic rings. The van der Waals surface area contributed by atoms with Crippen molar-refractivity contribution < 1.29 is 9.53 Å². The highest BCUT2D eigenvalue weighted by atomic mass is 16.5. The van der Waals surface area contributed by atoms with Crippen LogP contribution in [0.4, 0.5) is 0 Å². The van der Waals surface area contributed by atoms with Gasteiger partial charge in [-0.3, -0.25) is 4.79 Å². The van der Waals surface area contributed by atoms with Crippen molar-refractivity contribution >= 4 is 5.91 Å². The van der Waals surface area contributed by atoms with Crippen LogP contribution in [0.5, 0.6) is 0 Å². The predicted octanol–water partition coefficient (Wildman–Crippen LogP) is 0.786. The lowest BCUT2D eigenvalue weighted by Crippen LogP contribution is -2.41. The maximum Gasteiger partial charge on any atom is 0.255 e. The summed E-state index contributed by atoms with van der Waals surface area (Å²) in [6, 6.07) is 0.463. The SMILES string of the molecule is CC1CN1C(=O)C12CCC(CO1)C2. The van der Waals surface area contributed by atoms with Gasteiger partial charge < -0.3 is 9.64 Å². The van der Waals surface area contributed by atoms with Crippen molar-refractivity contribution in [2.75, 3.05) is 13.2 Å². The van der Waals surface area contributed by atoms with Crippen molar-refractivity contribution in [2.24, 2.45) is 5.92 Å². The molecule has 1 amide bonds. The van der Waals surface area contributed by atoms with Crippen LogP contribution in [0, 0.1) is 5.92 Å². The third-order valence-electron chi connectivity index (χ3n) is 3.68. The van der Waals surface area contributed by atoms with Crippen molar-refractivity contribution in [2.45, 2.75) is 37.8 Å². The van der Waals surface area contributed by atoms with Crippen LogP contribution in [-0.4, -0.2) is 35.6 Å². The molecule has 0 radical (unpaired) electrons. The number of carbonyl (C=O) groups excluding carboxylic acids is 1. The lowest BCUT2D eigenvalue weighted by molar-refractivity contribution is -0.148. The summed E-state index contributed by atoms with van der Waals surface area (Å²) in [6.07, 6.45) is 3.13. The molecule has 0 N–H and O–H groups in total. The number of hydrogen-bond donors (Lipinski definition) is 0. The van der Waals surface area contributed by atoms with Gasteiger partial charge in [-0.15, -0.1) is 0 Å². The molecule has 2 bridgehead atoms. The second-order valence-corrected chi connectivity index (χ2v) is 4.72. The molecule has 0 aromatic heterocycles. The van der Waals surface area contributed by atoms with E-state index in [-0.39, 0.29) is 11.5 Å². The molecule has 0 aromatic carbocycles. The third kappa shape index (κ3) is 0.966. The van der Waals surface area contributed by atoms with E-state index in [9.17, 15) is 4.79 Å². The molecule has 3 nitrogen and oxygen atoms in total. The summed E-state index contributed by atoms with van der Waals surface area (Å²) < 4.78 is 5.66. The van der Waals surface area contributed by atoms with Crippen molar-refractivity contribution in [3.63, 3.8) is 0 Å². The van der Waals surface area contributed by atoms with Crippen LogP contribution in [-0.2, 0) is 9.53 Å². The number of rotatable bonds is 1. The molecule has 2 aliphatic heterocycles. The monoisotopic (exact) mass is 181 g/mol. The highest BCUT2D eigenvalue weighted by molar-refractivity contribution is 5.88. The zero-order valence-electron chi connectivity index (χ0n) is 7.95. The number of carbonyl (C=O) groups is 1. The first-order chi connectivity index (χ1) is 6.21. The summed E-state index contributed by atoms with van der Waals surface area (Å²) in [4.78, 5) is 13.9. The number of amides is 1. The Balaban J connectivity index is 1.80. The van der Waals surface area contributed by atoms with Crippen molar-refractivity contribution in [1.29, 1.82) is 0 Å². The van der Waals surface area contributed by atoms with Gasteiger partial charge in [-0.2, -0.15) is 0 Å². The Labute approximate surface area is 78.0 Å². The standard InChI is InChI=1S/C10H15NO2/c1-7-5-11(7)9(12)10-3-2-8(4-10)6-13-10/h7-8H,2-6H2,1H3. The number of nitrogens with zero attached hydrogens (tertiary/aromatic N) is 1. The summed E-state index contributed by atoms with van der Waals surface area (Å²) in [6.45, 7) is 3.85. The van der Waals surface area contributed by atoms with Gasteiger partial charge >= 0.3 is 0 Å². The molecule has 3 atom stereocenters. The molecule has 3 unspecified atom stereocenters. The highest BCUT2D eigenvalue weighted by Gasteiger charge is 2.56. The summed E-state index contributed by atoms with van der Waals surface area (Å²) >= 11 is 0. The van der Waals surface area contributed by atoms with Crippen LogP contribution >= 0.6 is 0 Å². The summed E-state index contributed by atoms with van der Waals surface area (Å²) in [5.41, 5.74) is -0.380. The fraction of sp³-hybridized carbons (Fsp3) is 0.900. The van der Waals surface area contributed by atoms with Gasteiger partial charge in [0.05, 0.1) is 6.61 Å². The van der Waals surface area contributed by atoms with Crippen LogP contribution in [0.15, 0.2) is 0 Å². The van der Waals surface area contributed by atoms with E-state index in [1.165, 1.54) is 6.42 Å². The Morgan fingerprint density at radius 1 is 1.62 bits per heavy atom. The summed E-state index contributed by atoms with van der Waals surface area (Å²) in [7, 11) is 0. The molecule has 0 spiro atoms. The smallest absolute Gasteiger partial charge is 0.255 e. The van der Waals surface area contributed by atoms with E-state index >= 15 is 0 Å². The van der Waals surface area contributed by atoms with Gasteiger partial charge in [-0.1, -0.05) is 0 Å². The fourth-order valence-electron chi connectivity index (χ4n) is 2.70. The molecule has 1 aliphatic carbocycles.